The lowest BCUT2D eigenvalue weighted by Crippen LogP contribution is -2.54. The van der Waals surface area contributed by atoms with Gasteiger partial charge in [0.25, 0.3) is 0 Å². The van der Waals surface area contributed by atoms with Crippen LogP contribution in [0.2, 0.25) is 0 Å². The van der Waals surface area contributed by atoms with Gasteiger partial charge in [0.15, 0.2) is 0 Å². The molecule has 0 amide bonds. The van der Waals surface area contributed by atoms with E-state index in [2.05, 4.69) is 30.6 Å². The van der Waals surface area contributed by atoms with Crippen molar-refractivity contribution >= 4 is 5.84 Å². The molecule has 0 aromatic heterocycles. The zero-order valence-electron chi connectivity index (χ0n) is 10.2. The molecule has 0 aromatic carbocycles. The minimum Gasteiger partial charge on any atom is -0.358 e. The molecule has 3 heteroatoms. The summed E-state index contributed by atoms with van der Waals surface area (Å²) in [5, 5.41) is 8.03. The molecule has 1 saturated carbocycles. The molecule has 3 nitrogen and oxygen atoms in total. The molecule has 2 aliphatic rings. The second-order valence-electron chi connectivity index (χ2n) is 5.80. The van der Waals surface area contributed by atoms with Gasteiger partial charge in [-0.2, -0.15) is 0 Å². The Balaban J connectivity index is 1.83. The maximum Gasteiger partial charge on any atom is 0.0990 e. The zero-order valence-corrected chi connectivity index (χ0v) is 10.2. The van der Waals surface area contributed by atoms with Crippen LogP contribution in [0.15, 0.2) is 0 Å². The second kappa shape index (κ2) is 3.78. The van der Waals surface area contributed by atoms with Crippen molar-refractivity contribution in [3.05, 3.63) is 0 Å². The van der Waals surface area contributed by atoms with Crippen molar-refractivity contribution in [3.8, 4) is 0 Å². The SMILES string of the molecule is CC(C)(C)N1CCN(C(=N)C2CC2)CC1. The van der Waals surface area contributed by atoms with E-state index in [9.17, 15) is 0 Å². The van der Waals surface area contributed by atoms with Gasteiger partial charge in [-0.05, 0) is 33.6 Å². The summed E-state index contributed by atoms with van der Waals surface area (Å²) in [6, 6.07) is 0. The molecule has 2 rings (SSSR count). The molecule has 0 atom stereocenters. The number of hydrogen-bond donors (Lipinski definition) is 1. The fourth-order valence-electron chi connectivity index (χ4n) is 2.23. The summed E-state index contributed by atoms with van der Waals surface area (Å²) in [6.07, 6.45) is 2.50. The van der Waals surface area contributed by atoms with Crippen LogP contribution in [0.5, 0.6) is 0 Å². The molecule has 1 aliphatic heterocycles. The van der Waals surface area contributed by atoms with Gasteiger partial charge in [0.2, 0.25) is 0 Å². The van der Waals surface area contributed by atoms with E-state index >= 15 is 0 Å². The highest BCUT2D eigenvalue weighted by atomic mass is 15.3. The highest BCUT2D eigenvalue weighted by Gasteiger charge is 2.33. The Bertz CT molecular complexity index is 242. The van der Waals surface area contributed by atoms with Crippen LogP contribution < -0.4 is 0 Å². The van der Waals surface area contributed by atoms with E-state index in [-0.39, 0.29) is 5.54 Å². The Morgan fingerprint density at radius 2 is 1.60 bits per heavy atom. The van der Waals surface area contributed by atoms with E-state index in [1.165, 1.54) is 12.8 Å². The number of hydrogen-bond acceptors (Lipinski definition) is 2. The minimum absolute atomic E-state index is 0.286. The zero-order chi connectivity index (χ0) is 11.1. The average molecular weight is 209 g/mol. The summed E-state index contributed by atoms with van der Waals surface area (Å²) < 4.78 is 0. The third-order valence-corrected chi connectivity index (χ3v) is 3.53. The molecule has 0 aromatic rings. The Labute approximate surface area is 92.9 Å². The highest BCUT2D eigenvalue weighted by Crippen LogP contribution is 2.31. The summed E-state index contributed by atoms with van der Waals surface area (Å²) in [5.74, 6) is 1.51. The molecule has 1 heterocycles. The van der Waals surface area contributed by atoms with Crippen molar-refractivity contribution in [2.45, 2.75) is 39.2 Å². The van der Waals surface area contributed by atoms with E-state index in [1.54, 1.807) is 0 Å². The third-order valence-electron chi connectivity index (χ3n) is 3.53. The van der Waals surface area contributed by atoms with Crippen molar-refractivity contribution in [1.82, 2.24) is 9.80 Å². The highest BCUT2D eigenvalue weighted by molar-refractivity contribution is 5.83. The van der Waals surface area contributed by atoms with Gasteiger partial charge in [0.05, 0.1) is 5.84 Å². The Morgan fingerprint density at radius 3 is 2.00 bits per heavy atom. The molecule has 1 N–H and O–H groups in total. The van der Waals surface area contributed by atoms with Crippen LogP contribution in [0.4, 0.5) is 0 Å². The van der Waals surface area contributed by atoms with Crippen molar-refractivity contribution in [1.29, 1.82) is 5.41 Å². The second-order valence-corrected chi connectivity index (χ2v) is 5.80. The quantitative estimate of drug-likeness (QED) is 0.527. The smallest absolute Gasteiger partial charge is 0.0990 e. The lowest BCUT2D eigenvalue weighted by molar-refractivity contribution is 0.0870. The van der Waals surface area contributed by atoms with Gasteiger partial charge >= 0.3 is 0 Å². The normalized spacial score (nSPS) is 24.3. The van der Waals surface area contributed by atoms with Crippen LogP contribution in [0.1, 0.15) is 33.6 Å². The van der Waals surface area contributed by atoms with E-state index < -0.39 is 0 Å². The molecular weight excluding hydrogens is 186 g/mol. The van der Waals surface area contributed by atoms with Crippen LogP contribution in [-0.2, 0) is 0 Å². The summed E-state index contributed by atoms with van der Waals surface area (Å²) >= 11 is 0. The van der Waals surface area contributed by atoms with Crippen LogP contribution >= 0.6 is 0 Å². The van der Waals surface area contributed by atoms with E-state index in [0.717, 1.165) is 32.0 Å². The Kier molecular flexibility index (Phi) is 2.75. The van der Waals surface area contributed by atoms with Crippen LogP contribution in [0, 0.1) is 11.3 Å². The van der Waals surface area contributed by atoms with Gasteiger partial charge in [-0.3, -0.25) is 10.3 Å². The molecule has 1 saturated heterocycles. The first-order valence-electron chi connectivity index (χ1n) is 6.07. The fraction of sp³-hybridized carbons (Fsp3) is 0.917. The average Bonchev–Trinajstić information content (AvgIpc) is 2.99. The summed E-state index contributed by atoms with van der Waals surface area (Å²) in [7, 11) is 0. The Hall–Kier alpha value is -0.570. The lowest BCUT2D eigenvalue weighted by atomic mass is 10.0. The molecule has 1 aliphatic carbocycles. The van der Waals surface area contributed by atoms with Crippen molar-refractivity contribution in [2.75, 3.05) is 26.2 Å². The fourth-order valence-corrected chi connectivity index (χ4v) is 2.23. The summed E-state index contributed by atoms with van der Waals surface area (Å²) in [5.41, 5.74) is 0.286. The maximum atomic E-state index is 8.03. The maximum absolute atomic E-state index is 8.03. The largest absolute Gasteiger partial charge is 0.358 e. The summed E-state index contributed by atoms with van der Waals surface area (Å²) in [6.45, 7) is 11.1. The first-order valence-corrected chi connectivity index (χ1v) is 6.07. The topological polar surface area (TPSA) is 30.3 Å². The number of nitrogens with zero attached hydrogens (tertiary/aromatic N) is 2. The molecule has 86 valence electrons. The molecule has 0 radical (unpaired) electrons. The van der Waals surface area contributed by atoms with Gasteiger partial charge in [-0.1, -0.05) is 0 Å². The monoisotopic (exact) mass is 209 g/mol. The van der Waals surface area contributed by atoms with Crippen LogP contribution in [0.3, 0.4) is 0 Å². The predicted molar refractivity (Wildman–Crippen MR) is 63.3 cm³/mol. The standard InChI is InChI=1S/C12H23N3/c1-12(2,3)15-8-6-14(7-9-15)11(13)10-4-5-10/h10,13H,4-9H2,1-3H3. The molecule has 0 unspecified atom stereocenters. The Morgan fingerprint density at radius 1 is 1.07 bits per heavy atom. The van der Waals surface area contributed by atoms with Gasteiger partial charge in [-0.15, -0.1) is 0 Å². The third kappa shape index (κ3) is 2.51. The number of rotatable bonds is 1. The van der Waals surface area contributed by atoms with Crippen LogP contribution in [0.25, 0.3) is 0 Å². The van der Waals surface area contributed by atoms with Crippen molar-refractivity contribution in [3.63, 3.8) is 0 Å². The van der Waals surface area contributed by atoms with Crippen molar-refractivity contribution < 1.29 is 0 Å². The van der Waals surface area contributed by atoms with Crippen LogP contribution in [-0.4, -0.2) is 47.4 Å². The van der Waals surface area contributed by atoms with Gasteiger partial charge in [0, 0.05) is 37.6 Å². The molecular formula is C12H23N3. The number of nitrogens with one attached hydrogen (secondary N) is 1. The molecule has 0 spiro atoms. The van der Waals surface area contributed by atoms with E-state index in [1.807, 2.05) is 0 Å². The molecule has 0 bridgehead atoms. The lowest BCUT2D eigenvalue weighted by Gasteiger charge is -2.43. The molecule has 15 heavy (non-hydrogen) atoms. The minimum atomic E-state index is 0.286. The first kappa shape index (κ1) is 10.9. The van der Waals surface area contributed by atoms with Crippen molar-refractivity contribution in [2.24, 2.45) is 5.92 Å². The number of amidine groups is 1. The number of piperazine rings is 1. The van der Waals surface area contributed by atoms with Gasteiger partial charge in [0.1, 0.15) is 0 Å². The van der Waals surface area contributed by atoms with E-state index in [0.29, 0.717) is 5.92 Å². The van der Waals surface area contributed by atoms with Gasteiger partial charge < -0.3 is 4.90 Å². The van der Waals surface area contributed by atoms with Gasteiger partial charge in [-0.25, -0.2) is 0 Å². The first-order chi connectivity index (χ1) is 6.98. The van der Waals surface area contributed by atoms with E-state index in [4.69, 9.17) is 5.41 Å². The molecule has 2 fully saturated rings. The predicted octanol–water partition coefficient (Wildman–Crippen LogP) is 1.79. The summed E-state index contributed by atoms with van der Waals surface area (Å²) in [4.78, 5) is 4.80.